The second-order valence-electron chi connectivity index (χ2n) is 10.4. The van der Waals surface area contributed by atoms with Gasteiger partial charge in [-0.2, -0.15) is 4.31 Å². The van der Waals surface area contributed by atoms with Crippen molar-refractivity contribution in [3.05, 3.63) is 93.5 Å². The first-order valence-corrected chi connectivity index (χ1v) is 16.0. The highest BCUT2D eigenvalue weighted by Gasteiger charge is 2.28. The number of halogens is 1. The minimum atomic E-state index is -3.66. The summed E-state index contributed by atoms with van der Waals surface area (Å²) in [5, 5.41) is 14.8. The first-order chi connectivity index (χ1) is 20.3. The normalized spacial score (nSPS) is 16.0. The molecule has 1 saturated heterocycles. The van der Waals surface area contributed by atoms with Gasteiger partial charge in [-0.05, 0) is 47.9 Å². The van der Waals surface area contributed by atoms with Gasteiger partial charge in [0.2, 0.25) is 10.0 Å². The van der Waals surface area contributed by atoms with E-state index in [-0.39, 0.29) is 28.9 Å². The number of non-ortho nitro benzene ring substituents is 1. The third-order valence-electron chi connectivity index (χ3n) is 7.78. The lowest BCUT2D eigenvalue weighted by Gasteiger charge is -2.34. The quantitative estimate of drug-likeness (QED) is 0.226. The molecule has 43 heavy (non-hydrogen) atoms. The summed E-state index contributed by atoms with van der Waals surface area (Å²) in [6, 6.07) is 18.7. The number of nitro benzene ring substituents is 1. The number of sulfonamides is 1. The number of thiazole rings is 1. The van der Waals surface area contributed by atoms with E-state index in [0.717, 1.165) is 47.1 Å². The van der Waals surface area contributed by atoms with Crippen molar-refractivity contribution >= 4 is 60.7 Å². The van der Waals surface area contributed by atoms with Crippen LogP contribution < -0.4 is 10.2 Å². The average molecular weight is 643 g/mol. The highest BCUT2D eigenvalue weighted by molar-refractivity contribution is 7.89. The minimum absolute atomic E-state index is 0. The molecule has 3 aromatic carbocycles. The third-order valence-corrected chi connectivity index (χ3v) is 10.7. The topological polar surface area (TPSA) is 129 Å². The van der Waals surface area contributed by atoms with Crippen molar-refractivity contribution in [1.82, 2.24) is 19.5 Å². The van der Waals surface area contributed by atoms with E-state index in [9.17, 15) is 23.3 Å². The first kappa shape index (κ1) is 30.8. The summed E-state index contributed by atoms with van der Waals surface area (Å²) in [5.41, 5.74) is 3.44. The highest BCUT2D eigenvalue weighted by atomic mass is 35.5. The monoisotopic (exact) mass is 642 g/mol. The standard InChI is InChI=1S/C29H30N6O5S2.ClH/c36-28(22-5-8-25(9-6-22)42(39,40)34-13-11-21-3-1-2-4-23(21)20-34)30-12-14-32-15-17-33(18-16-32)29-31-26-10-7-24(35(37)38)19-27(26)41-29;/h1-10,19H,11-18,20H2,(H,30,36);1H. The molecule has 14 heteroatoms. The molecule has 0 bridgehead atoms. The summed E-state index contributed by atoms with van der Waals surface area (Å²) >= 11 is 1.46. The van der Waals surface area contributed by atoms with Crippen LogP contribution in [0.1, 0.15) is 21.5 Å². The number of benzene rings is 3. The zero-order chi connectivity index (χ0) is 29.3. The molecule has 0 aliphatic carbocycles. The number of anilines is 1. The van der Waals surface area contributed by atoms with Gasteiger partial charge in [-0.1, -0.05) is 35.6 Å². The van der Waals surface area contributed by atoms with Gasteiger partial charge in [0.15, 0.2) is 5.13 Å². The molecule has 0 atom stereocenters. The number of hydrogen-bond acceptors (Lipinski definition) is 9. The molecule has 0 unspecified atom stereocenters. The molecule has 0 saturated carbocycles. The Hall–Kier alpha value is -3.62. The number of hydrogen-bond donors (Lipinski definition) is 1. The minimum Gasteiger partial charge on any atom is -0.351 e. The number of nitro groups is 1. The predicted octanol–water partition coefficient (Wildman–Crippen LogP) is 3.93. The summed E-state index contributed by atoms with van der Waals surface area (Å²) in [6.07, 6.45) is 0.680. The molecule has 1 fully saturated rings. The number of nitrogens with one attached hydrogen (secondary N) is 1. The molecule has 6 rings (SSSR count). The maximum atomic E-state index is 13.2. The summed E-state index contributed by atoms with van der Waals surface area (Å²) < 4.78 is 28.7. The number of piperazine rings is 1. The van der Waals surface area contributed by atoms with Gasteiger partial charge < -0.3 is 10.2 Å². The fourth-order valence-electron chi connectivity index (χ4n) is 5.34. The molecule has 226 valence electrons. The van der Waals surface area contributed by atoms with Crippen LogP contribution >= 0.6 is 23.7 Å². The number of carbonyl (C=O) groups excluding carboxylic acids is 1. The second-order valence-corrected chi connectivity index (χ2v) is 13.3. The van der Waals surface area contributed by atoms with E-state index >= 15 is 0 Å². The van der Waals surface area contributed by atoms with Gasteiger partial charge in [0, 0.05) is 70.1 Å². The average Bonchev–Trinajstić information content (AvgIpc) is 3.45. The Morgan fingerprint density at radius 3 is 2.42 bits per heavy atom. The van der Waals surface area contributed by atoms with Gasteiger partial charge in [0.05, 0.1) is 20.0 Å². The Morgan fingerprint density at radius 2 is 1.70 bits per heavy atom. The molecular weight excluding hydrogens is 612 g/mol. The largest absolute Gasteiger partial charge is 0.351 e. The summed E-state index contributed by atoms with van der Waals surface area (Å²) in [5.74, 6) is -0.243. The van der Waals surface area contributed by atoms with E-state index in [1.165, 1.54) is 39.4 Å². The Morgan fingerprint density at radius 1 is 0.977 bits per heavy atom. The van der Waals surface area contributed by atoms with Gasteiger partial charge in [-0.25, -0.2) is 13.4 Å². The molecule has 1 amide bonds. The van der Waals surface area contributed by atoms with E-state index in [1.54, 1.807) is 24.3 Å². The molecule has 3 heterocycles. The number of aromatic nitrogens is 1. The van der Waals surface area contributed by atoms with Crippen molar-refractivity contribution in [2.24, 2.45) is 0 Å². The molecule has 1 aromatic heterocycles. The number of nitrogens with zero attached hydrogens (tertiary/aromatic N) is 5. The molecule has 0 spiro atoms. The number of amides is 1. The molecule has 2 aliphatic heterocycles. The molecule has 4 aromatic rings. The van der Waals surface area contributed by atoms with Gasteiger partial charge in [-0.15, -0.1) is 12.4 Å². The van der Waals surface area contributed by atoms with E-state index in [4.69, 9.17) is 0 Å². The van der Waals surface area contributed by atoms with Crippen molar-refractivity contribution in [3.8, 4) is 0 Å². The first-order valence-electron chi connectivity index (χ1n) is 13.8. The zero-order valence-electron chi connectivity index (χ0n) is 23.2. The fraction of sp³-hybridized carbons (Fsp3) is 0.310. The van der Waals surface area contributed by atoms with Crippen LogP contribution in [0.25, 0.3) is 10.2 Å². The van der Waals surface area contributed by atoms with Crippen LogP contribution in [0, 0.1) is 10.1 Å². The van der Waals surface area contributed by atoms with E-state index in [1.807, 2.05) is 24.3 Å². The Bertz CT molecular complexity index is 1740. The van der Waals surface area contributed by atoms with Crippen LogP contribution in [0.2, 0.25) is 0 Å². The van der Waals surface area contributed by atoms with Crippen LogP contribution in [-0.2, 0) is 23.0 Å². The molecule has 11 nitrogen and oxygen atoms in total. The van der Waals surface area contributed by atoms with Crippen molar-refractivity contribution in [2.45, 2.75) is 17.9 Å². The lowest BCUT2D eigenvalue weighted by Crippen LogP contribution is -2.48. The molecule has 1 N–H and O–H groups in total. The van der Waals surface area contributed by atoms with Gasteiger partial charge in [0.1, 0.15) is 0 Å². The van der Waals surface area contributed by atoms with Crippen LogP contribution in [0.3, 0.4) is 0 Å². The summed E-state index contributed by atoms with van der Waals surface area (Å²) in [4.78, 5) is 32.7. The maximum Gasteiger partial charge on any atom is 0.270 e. The van der Waals surface area contributed by atoms with Crippen LogP contribution in [0.15, 0.2) is 71.6 Å². The molecule has 0 radical (unpaired) electrons. The summed E-state index contributed by atoms with van der Waals surface area (Å²) in [6.45, 7) is 5.09. The van der Waals surface area contributed by atoms with Crippen molar-refractivity contribution in [3.63, 3.8) is 0 Å². The van der Waals surface area contributed by atoms with E-state index in [2.05, 4.69) is 20.1 Å². The lowest BCUT2D eigenvalue weighted by atomic mass is 10.0. The Labute approximate surface area is 259 Å². The fourth-order valence-corrected chi connectivity index (χ4v) is 7.81. The van der Waals surface area contributed by atoms with E-state index in [0.29, 0.717) is 38.2 Å². The highest BCUT2D eigenvalue weighted by Crippen LogP contribution is 2.32. The number of carbonyl (C=O) groups is 1. The maximum absolute atomic E-state index is 13.2. The second kappa shape index (κ2) is 12.9. The van der Waals surface area contributed by atoms with Crippen LogP contribution in [-0.4, -0.2) is 79.3 Å². The van der Waals surface area contributed by atoms with Gasteiger partial charge in [0.25, 0.3) is 11.6 Å². The lowest BCUT2D eigenvalue weighted by molar-refractivity contribution is -0.384. The summed E-state index contributed by atoms with van der Waals surface area (Å²) in [7, 11) is -3.66. The zero-order valence-corrected chi connectivity index (χ0v) is 25.7. The van der Waals surface area contributed by atoms with Crippen molar-refractivity contribution in [1.29, 1.82) is 0 Å². The Balaban J connectivity index is 0.00000368. The number of rotatable bonds is 8. The SMILES string of the molecule is Cl.O=C(NCCN1CCN(c2nc3ccc([N+](=O)[O-])cc3s2)CC1)c1ccc(S(=O)(=O)N2CCc3ccccc3C2)cc1. The predicted molar refractivity (Wildman–Crippen MR) is 169 cm³/mol. The Kier molecular flexibility index (Phi) is 9.28. The van der Waals surface area contributed by atoms with Crippen LogP contribution in [0.4, 0.5) is 10.8 Å². The van der Waals surface area contributed by atoms with Gasteiger partial charge >= 0.3 is 0 Å². The van der Waals surface area contributed by atoms with E-state index < -0.39 is 14.9 Å². The number of fused-ring (bicyclic) bond motifs is 2. The molecular formula is C29H31ClN6O5S2. The van der Waals surface area contributed by atoms with Crippen LogP contribution in [0.5, 0.6) is 0 Å². The third kappa shape index (κ3) is 6.65. The van der Waals surface area contributed by atoms with Gasteiger partial charge in [-0.3, -0.25) is 19.8 Å². The smallest absolute Gasteiger partial charge is 0.270 e. The van der Waals surface area contributed by atoms with Crippen molar-refractivity contribution < 1.29 is 18.1 Å². The van der Waals surface area contributed by atoms with Crippen molar-refractivity contribution in [2.75, 3.05) is 50.7 Å². The molecule has 2 aliphatic rings.